The van der Waals surface area contributed by atoms with E-state index in [0.717, 1.165) is 5.75 Å². The SMILES string of the molecule is COc1cccc(P(c2ccccc2)c2ccccc2)c1. The molecule has 2 heteroatoms. The van der Waals surface area contributed by atoms with Crippen molar-refractivity contribution in [2.75, 3.05) is 7.11 Å². The number of methoxy groups -OCH3 is 1. The fraction of sp³-hybridized carbons (Fsp3) is 0.0526. The van der Waals surface area contributed by atoms with Crippen LogP contribution in [-0.4, -0.2) is 7.11 Å². The van der Waals surface area contributed by atoms with Gasteiger partial charge < -0.3 is 4.74 Å². The molecule has 3 rings (SSSR count). The molecule has 3 aromatic carbocycles. The zero-order chi connectivity index (χ0) is 14.5. The van der Waals surface area contributed by atoms with Crippen molar-refractivity contribution in [2.24, 2.45) is 0 Å². The van der Waals surface area contributed by atoms with Gasteiger partial charge >= 0.3 is 0 Å². The first-order chi connectivity index (χ1) is 10.4. The highest BCUT2D eigenvalue weighted by Gasteiger charge is 2.16. The molecule has 0 spiro atoms. The first-order valence-corrected chi connectivity index (χ1v) is 8.27. The lowest BCUT2D eigenvalue weighted by molar-refractivity contribution is 0.415. The maximum atomic E-state index is 5.39. The van der Waals surface area contributed by atoms with Gasteiger partial charge in [-0.05, 0) is 36.0 Å². The summed E-state index contributed by atoms with van der Waals surface area (Å²) in [7, 11) is 1.17. The van der Waals surface area contributed by atoms with Gasteiger partial charge in [0.15, 0.2) is 0 Å². The van der Waals surface area contributed by atoms with Crippen LogP contribution in [0.25, 0.3) is 0 Å². The topological polar surface area (TPSA) is 9.23 Å². The summed E-state index contributed by atoms with van der Waals surface area (Å²) in [6.07, 6.45) is 0. The summed E-state index contributed by atoms with van der Waals surface area (Å²) in [5, 5.41) is 4.01. The maximum Gasteiger partial charge on any atom is 0.119 e. The van der Waals surface area contributed by atoms with Gasteiger partial charge in [0.2, 0.25) is 0 Å². The fourth-order valence-corrected chi connectivity index (χ4v) is 4.68. The molecule has 104 valence electrons. The predicted octanol–water partition coefficient (Wildman–Crippen LogP) is 3.45. The minimum absolute atomic E-state index is 0.548. The van der Waals surface area contributed by atoms with Crippen LogP contribution in [0.4, 0.5) is 0 Å². The highest BCUT2D eigenvalue weighted by molar-refractivity contribution is 7.79. The molecule has 0 saturated carbocycles. The third-order valence-corrected chi connectivity index (χ3v) is 5.76. The molecule has 0 N–H and O–H groups in total. The lowest BCUT2D eigenvalue weighted by Gasteiger charge is -2.19. The van der Waals surface area contributed by atoms with Crippen molar-refractivity contribution in [2.45, 2.75) is 0 Å². The van der Waals surface area contributed by atoms with Crippen LogP contribution in [0, 0.1) is 0 Å². The highest BCUT2D eigenvalue weighted by Crippen LogP contribution is 2.33. The number of hydrogen-bond donors (Lipinski definition) is 0. The quantitative estimate of drug-likeness (QED) is 0.669. The summed E-state index contributed by atoms with van der Waals surface area (Å²) >= 11 is 0. The van der Waals surface area contributed by atoms with Crippen molar-refractivity contribution in [3.63, 3.8) is 0 Å². The third-order valence-electron chi connectivity index (χ3n) is 3.34. The molecule has 0 fully saturated rings. The second kappa shape index (κ2) is 6.56. The average molecular weight is 292 g/mol. The van der Waals surface area contributed by atoms with Gasteiger partial charge in [-0.25, -0.2) is 0 Å². The van der Waals surface area contributed by atoms with E-state index in [1.54, 1.807) is 7.11 Å². The minimum Gasteiger partial charge on any atom is -0.497 e. The Morgan fingerprint density at radius 1 is 0.619 bits per heavy atom. The van der Waals surface area contributed by atoms with E-state index >= 15 is 0 Å². The van der Waals surface area contributed by atoms with Crippen LogP contribution in [-0.2, 0) is 0 Å². The monoisotopic (exact) mass is 292 g/mol. The molecule has 0 saturated heterocycles. The van der Waals surface area contributed by atoms with Crippen molar-refractivity contribution in [1.29, 1.82) is 0 Å². The lowest BCUT2D eigenvalue weighted by Crippen LogP contribution is -2.20. The van der Waals surface area contributed by atoms with E-state index in [1.165, 1.54) is 15.9 Å². The minimum atomic E-state index is -0.548. The largest absolute Gasteiger partial charge is 0.497 e. The molecule has 1 nitrogen and oxygen atoms in total. The molecular formula is C19H17OP. The van der Waals surface area contributed by atoms with E-state index < -0.39 is 7.92 Å². The molecular weight excluding hydrogens is 275 g/mol. The Labute approximate surface area is 127 Å². The zero-order valence-electron chi connectivity index (χ0n) is 11.9. The summed E-state index contributed by atoms with van der Waals surface area (Å²) < 4.78 is 5.39. The van der Waals surface area contributed by atoms with Crippen LogP contribution in [0.5, 0.6) is 5.75 Å². The first-order valence-electron chi connectivity index (χ1n) is 6.93. The average Bonchev–Trinajstić information content (AvgIpc) is 2.57. The van der Waals surface area contributed by atoms with E-state index in [0.29, 0.717) is 0 Å². The van der Waals surface area contributed by atoms with Crippen LogP contribution in [0.3, 0.4) is 0 Å². The van der Waals surface area contributed by atoms with Gasteiger partial charge in [0.1, 0.15) is 5.75 Å². The number of rotatable bonds is 4. The molecule has 0 unspecified atom stereocenters. The third kappa shape index (κ3) is 3.15. The summed E-state index contributed by atoms with van der Waals surface area (Å²) in [6, 6.07) is 29.8. The van der Waals surface area contributed by atoms with Crippen LogP contribution in [0.1, 0.15) is 0 Å². The van der Waals surface area contributed by atoms with Crippen molar-refractivity contribution in [1.82, 2.24) is 0 Å². The Balaban J connectivity index is 2.12. The van der Waals surface area contributed by atoms with Crippen molar-refractivity contribution >= 4 is 23.8 Å². The van der Waals surface area contributed by atoms with Crippen LogP contribution < -0.4 is 20.7 Å². The molecule has 21 heavy (non-hydrogen) atoms. The van der Waals surface area contributed by atoms with E-state index in [-0.39, 0.29) is 0 Å². The smallest absolute Gasteiger partial charge is 0.119 e. The Kier molecular flexibility index (Phi) is 4.33. The van der Waals surface area contributed by atoms with Crippen LogP contribution in [0.15, 0.2) is 84.9 Å². The van der Waals surface area contributed by atoms with Crippen LogP contribution in [0.2, 0.25) is 0 Å². The number of ether oxygens (including phenoxy) is 1. The van der Waals surface area contributed by atoms with Gasteiger partial charge in [0.25, 0.3) is 0 Å². The van der Waals surface area contributed by atoms with Gasteiger partial charge in [0, 0.05) is 0 Å². The van der Waals surface area contributed by atoms with E-state index in [1.807, 2.05) is 6.07 Å². The molecule has 0 aliphatic rings. The fourth-order valence-electron chi connectivity index (χ4n) is 2.35. The molecule has 0 heterocycles. The molecule has 0 amide bonds. The zero-order valence-corrected chi connectivity index (χ0v) is 12.8. The molecule has 0 atom stereocenters. The molecule has 0 aliphatic heterocycles. The normalized spacial score (nSPS) is 10.6. The summed E-state index contributed by atoms with van der Waals surface area (Å²) in [4.78, 5) is 0. The highest BCUT2D eigenvalue weighted by atomic mass is 31.1. The van der Waals surface area contributed by atoms with Gasteiger partial charge in [-0.2, -0.15) is 0 Å². The van der Waals surface area contributed by atoms with Gasteiger partial charge in [-0.1, -0.05) is 72.8 Å². The van der Waals surface area contributed by atoms with Crippen LogP contribution >= 0.6 is 7.92 Å². The molecule has 0 bridgehead atoms. The Morgan fingerprint density at radius 2 is 1.14 bits per heavy atom. The van der Waals surface area contributed by atoms with Gasteiger partial charge in [-0.15, -0.1) is 0 Å². The molecule has 3 aromatic rings. The second-order valence-corrected chi connectivity index (χ2v) is 6.93. The second-order valence-electron chi connectivity index (χ2n) is 4.71. The number of hydrogen-bond acceptors (Lipinski definition) is 1. The van der Waals surface area contributed by atoms with E-state index in [2.05, 4.69) is 78.9 Å². The number of benzene rings is 3. The van der Waals surface area contributed by atoms with Crippen molar-refractivity contribution in [3.05, 3.63) is 84.9 Å². The first kappa shape index (κ1) is 13.9. The van der Waals surface area contributed by atoms with Crippen molar-refractivity contribution < 1.29 is 4.74 Å². The van der Waals surface area contributed by atoms with Gasteiger partial charge in [0.05, 0.1) is 7.11 Å². The molecule has 0 aromatic heterocycles. The lowest BCUT2D eigenvalue weighted by atomic mass is 10.3. The Morgan fingerprint density at radius 3 is 1.67 bits per heavy atom. The summed E-state index contributed by atoms with van der Waals surface area (Å²) in [6.45, 7) is 0. The summed E-state index contributed by atoms with van der Waals surface area (Å²) in [5.41, 5.74) is 0. The maximum absolute atomic E-state index is 5.39. The van der Waals surface area contributed by atoms with Gasteiger partial charge in [-0.3, -0.25) is 0 Å². The standard InChI is InChI=1S/C19H17OP/c1-20-16-9-8-14-19(15-16)21(17-10-4-2-5-11-17)18-12-6-3-7-13-18/h2-15H,1H3. The van der Waals surface area contributed by atoms with E-state index in [9.17, 15) is 0 Å². The Bertz CT molecular complexity index is 656. The molecule has 0 radical (unpaired) electrons. The molecule has 0 aliphatic carbocycles. The van der Waals surface area contributed by atoms with E-state index in [4.69, 9.17) is 4.74 Å². The predicted molar refractivity (Wildman–Crippen MR) is 91.7 cm³/mol. The van der Waals surface area contributed by atoms with Crippen molar-refractivity contribution in [3.8, 4) is 5.75 Å². The Hall–Kier alpha value is -2.11. The summed E-state index contributed by atoms with van der Waals surface area (Å²) in [5.74, 6) is 0.909.